The van der Waals surface area contributed by atoms with Crippen molar-refractivity contribution in [3.8, 4) is 28.8 Å². The Labute approximate surface area is 109 Å². The molecule has 6 nitrogen and oxygen atoms in total. The Kier molecular flexibility index (Phi) is 3.48. The predicted molar refractivity (Wildman–Crippen MR) is 68.1 cm³/mol. The minimum Gasteiger partial charge on any atom is -0.497 e. The average Bonchev–Trinajstić information content (AvgIpc) is 2.46. The maximum Gasteiger partial charge on any atom is 0.269 e. The van der Waals surface area contributed by atoms with Crippen LogP contribution < -0.4 is 15.0 Å². The SMILES string of the molecule is COc1ccc(OC)c(-c2nc[nH]c(=O)c2C#N)c1. The quantitative estimate of drug-likeness (QED) is 0.896. The number of rotatable bonds is 3. The molecule has 0 aliphatic heterocycles. The van der Waals surface area contributed by atoms with Crippen LogP contribution in [0.15, 0.2) is 29.3 Å². The van der Waals surface area contributed by atoms with Gasteiger partial charge in [0.25, 0.3) is 5.56 Å². The second kappa shape index (κ2) is 5.23. The molecule has 1 heterocycles. The lowest BCUT2D eigenvalue weighted by Gasteiger charge is -2.10. The number of nitrogens with one attached hydrogen (secondary N) is 1. The first kappa shape index (κ1) is 12.6. The van der Waals surface area contributed by atoms with Crippen LogP contribution in [-0.2, 0) is 0 Å². The number of benzene rings is 1. The molecule has 1 aromatic heterocycles. The van der Waals surface area contributed by atoms with Crippen LogP contribution in [0.5, 0.6) is 11.5 Å². The first-order valence-corrected chi connectivity index (χ1v) is 5.41. The van der Waals surface area contributed by atoms with Crippen molar-refractivity contribution in [2.24, 2.45) is 0 Å². The second-order valence-corrected chi connectivity index (χ2v) is 3.63. The summed E-state index contributed by atoms with van der Waals surface area (Å²) >= 11 is 0. The van der Waals surface area contributed by atoms with Gasteiger partial charge in [-0.25, -0.2) is 4.98 Å². The molecule has 0 saturated carbocycles. The van der Waals surface area contributed by atoms with E-state index in [1.54, 1.807) is 18.2 Å². The fourth-order valence-corrected chi connectivity index (χ4v) is 1.71. The first-order valence-electron chi connectivity index (χ1n) is 5.41. The molecule has 0 amide bonds. The van der Waals surface area contributed by atoms with Crippen LogP contribution in [0.25, 0.3) is 11.3 Å². The van der Waals surface area contributed by atoms with Crippen LogP contribution in [0.2, 0.25) is 0 Å². The van der Waals surface area contributed by atoms with Crippen molar-refractivity contribution in [1.82, 2.24) is 9.97 Å². The summed E-state index contributed by atoms with van der Waals surface area (Å²) in [4.78, 5) is 18.0. The van der Waals surface area contributed by atoms with Crippen LogP contribution in [0.3, 0.4) is 0 Å². The number of ether oxygens (including phenoxy) is 2. The van der Waals surface area contributed by atoms with E-state index in [1.807, 2.05) is 6.07 Å². The van der Waals surface area contributed by atoms with Gasteiger partial charge in [-0.2, -0.15) is 5.26 Å². The van der Waals surface area contributed by atoms with E-state index < -0.39 is 5.56 Å². The summed E-state index contributed by atoms with van der Waals surface area (Å²) in [5.41, 5.74) is 0.248. The summed E-state index contributed by atoms with van der Waals surface area (Å²) in [5.74, 6) is 1.09. The van der Waals surface area contributed by atoms with Crippen molar-refractivity contribution < 1.29 is 9.47 Å². The maximum absolute atomic E-state index is 11.6. The zero-order valence-electron chi connectivity index (χ0n) is 10.4. The highest BCUT2D eigenvalue weighted by Crippen LogP contribution is 2.32. The highest BCUT2D eigenvalue weighted by molar-refractivity contribution is 5.73. The molecule has 0 fully saturated rings. The Balaban J connectivity index is 2.74. The lowest BCUT2D eigenvalue weighted by molar-refractivity contribution is 0.404. The largest absolute Gasteiger partial charge is 0.497 e. The molecular formula is C13H11N3O3. The molecule has 1 aromatic carbocycles. The minimum atomic E-state index is -0.489. The summed E-state index contributed by atoms with van der Waals surface area (Å²) in [6.45, 7) is 0. The van der Waals surface area contributed by atoms with Crippen molar-refractivity contribution >= 4 is 0 Å². The van der Waals surface area contributed by atoms with Gasteiger partial charge in [-0.15, -0.1) is 0 Å². The van der Waals surface area contributed by atoms with E-state index in [0.717, 1.165) is 0 Å². The number of hydrogen-bond donors (Lipinski definition) is 1. The van der Waals surface area contributed by atoms with Gasteiger partial charge in [0.05, 0.1) is 26.2 Å². The summed E-state index contributed by atoms with van der Waals surface area (Å²) < 4.78 is 10.3. The van der Waals surface area contributed by atoms with E-state index in [1.165, 1.54) is 20.5 Å². The maximum atomic E-state index is 11.6. The number of aromatic nitrogens is 2. The van der Waals surface area contributed by atoms with Gasteiger partial charge in [0.2, 0.25) is 0 Å². The van der Waals surface area contributed by atoms with Crippen LogP contribution in [0, 0.1) is 11.3 Å². The molecule has 1 N–H and O–H groups in total. The number of aromatic amines is 1. The lowest BCUT2D eigenvalue weighted by atomic mass is 10.1. The molecule has 0 atom stereocenters. The fraction of sp³-hybridized carbons (Fsp3) is 0.154. The second-order valence-electron chi connectivity index (χ2n) is 3.63. The monoisotopic (exact) mass is 257 g/mol. The third kappa shape index (κ3) is 2.26. The van der Waals surface area contributed by atoms with Gasteiger partial charge in [0, 0.05) is 5.56 Å². The Bertz CT molecular complexity index is 701. The highest BCUT2D eigenvalue weighted by Gasteiger charge is 2.15. The topological polar surface area (TPSA) is 88.0 Å². The molecule has 96 valence electrons. The third-order valence-corrected chi connectivity index (χ3v) is 2.63. The summed E-state index contributed by atoms with van der Waals surface area (Å²) in [7, 11) is 3.03. The smallest absolute Gasteiger partial charge is 0.269 e. The van der Waals surface area contributed by atoms with Gasteiger partial charge >= 0.3 is 0 Å². The number of nitrogens with zero attached hydrogens (tertiary/aromatic N) is 2. The zero-order valence-corrected chi connectivity index (χ0v) is 10.4. The van der Waals surface area contributed by atoms with Gasteiger partial charge < -0.3 is 14.5 Å². The van der Waals surface area contributed by atoms with Crippen molar-refractivity contribution in [3.05, 3.63) is 40.4 Å². The van der Waals surface area contributed by atoms with E-state index >= 15 is 0 Å². The van der Waals surface area contributed by atoms with Crippen molar-refractivity contribution in [3.63, 3.8) is 0 Å². The fourth-order valence-electron chi connectivity index (χ4n) is 1.71. The van der Waals surface area contributed by atoms with Gasteiger partial charge in [0.15, 0.2) is 0 Å². The molecular weight excluding hydrogens is 246 g/mol. The van der Waals surface area contributed by atoms with Crippen molar-refractivity contribution in [1.29, 1.82) is 5.26 Å². The van der Waals surface area contributed by atoms with Gasteiger partial charge in [-0.1, -0.05) is 0 Å². The molecule has 2 rings (SSSR count). The van der Waals surface area contributed by atoms with Gasteiger partial charge in [-0.3, -0.25) is 4.79 Å². The van der Waals surface area contributed by atoms with E-state index in [9.17, 15) is 4.79 Å². The van der Waals surface area contributed by atoms with Crippen molar-refractivity contribution in [2.75, 3.05) is 14.2 Å². The number of methoxy groups -OCH3 is 2. The zero-order chi connectivity index (χ0) is 13.8. The molecule has 2 aromatic rings. The lowest BCUT2D eigenvalue weighted by Crippen LogP contribution is -2.12. The molecule has 19 heavy (non-hydrogen) atoms. The Morgan fingerprint density at radius 1 is 1.32 bits per heavy atom. The van der Waals surface area contributed by atoms with Crippen LogP contribution in [-0.4, -0.2) is 24.2 Å². The van der Waals surface area contributed by atoms with Gasteiger partial charge in [0.1, 0.15) is 23.1 Å². The van der Waals surface area contributed by atoms with Crippen LogP contribution in [0.1, 0.15) is 5.56 Å². The number of hydrogen-bond acceptors (Lipinski definition) is 5. The summed E-state index contributed by atoms with van der Waals surface area (Å²) in [6.07, 6.45) is 1.25. The normalized spacial score (nSPS) is 9.74. The summed E-state index contributed by atoms with van der Waals surface area (Å²) in [6, 6.07) is 6.93. The molecule has 0 radical (unpaired) electrons. The Morgan fingerprint density at radius 3 is 2.74 bits per heavy atom. The third-order valence-electron chi connectivity index (χ3n) is 2.63. The minimum absolute atomic E-state index is 0.0611. The molecule has 0 saturated heterocycles. The molecule has 6 heteroatoms. The Hall–Kier alpha value is -2.81. The molecule has 0 unspecified atom stereocenters. The Morgan fingerprint density at radius 2 is 2.11 bits per heavy atom. The average molecular weight is 257 g/mol. The predicted octanol–water partition coefficient (Wildman–Crippen LogP) is 1.33. The number of H-pyrrole nitrogens is 1. The molecule has 0 bridgehead atoms. The molecule has 0 aliphatic rings. The standard InChI is InChI=1S/C13H11N3O3/c1-18-8-3-4-11(19-2)9(5-8)12-10(6-14)13(17)16-7-15-12/h3-5,7H,1-2H3,(H,15,16,17). The highest BCUT2D eigenvalue weighted by atomic mass is 16.5. The number of nitriles is 1. The van der Waals surface area contributed by atoms with E-state index in [4.69, 9.17) is 14.7 Å². The molecule has 0 aliphatic carbocycles. The van der Waals surface area contributed by atoms with E-state index in [-0.39, 0.29) is 11.3 Å². The van der Waals surface area contributed by atoms with Gasteiger partial charge in [-0.05, 0) is 18.2 Å². The van der Waals surface area contributed by atoms with Crippen LogP contribution >= 0.6 is 0 Å². The molecule has 0 spiro atoms. The van der Waals surface area contributed by atoms with E-state index in [2.05, 4.69) is 9.97 Å². The van der Waals surface area contributed by atoms with E-state index in [0.29, 0.717) is 17.1 Å². The van der Waals surface area contributed by atoms with Crippen molar-refractivity contribution in [2.45, 2.75) is 0 Å². The first-order chi connectivity index (χ1) is 9.21. The summed E-state index contributed by atoms with van der Waals surface area (Å²) in [5, 5.41) is 9.07. The van der Waals surface area contributed by atoms with Crippen LogP contribution in [0.4, 0.5) is 0 Å².